The van der Waals surface area contributed by atoms with Gasteiger partial charge in [0, 0.05) is 13.1 Å². The summed E-state index contributed by atoms with van der Waals surface area (Å²) in [6, 6.07) is 11.0. The topological polar surface area (TPSA) is 111 Å². The highest BCUT2D eigenvalue weighted by Gasteiger charge is 2.30. The number of ether oxygens (including phenoxy) is 3. The number of amides is 1. The molecule has 11 heteroatoms. The van der Waals surface area contributed by atoms with E-state index in [1.807, 2.05) is 0 Å². The van der Waals surface area contributed by atoms with Crippen LogP contribution >= 0.6 is 11.6 Å². The SMILES string of the molecule is O=C(COC(=O)[C@H]1COc2ccccc2O1)Nc1cc(S(=O)(=O)N2CCCCC2)ccc1Cl. The van der Waals surface area contributed by atoms with Crippen molar-refractivity contribution in [3.8, 4) is 11.5 Å². The minimum atomic E-state index is -3.69. The molecule has 9 nitrogen and oxygen atoms in total. The second kappa shape index (κ2) is 9.98. The molecule has 1 N–H and O–H groups in total. The molecule has 2 aromatic carbocycles. The van der Waals surface area contributed by atoms with Gasteiger partial charge >= 0.3 is 5.97 Å². The zero-order valence-electron chi connectivity index (χ0n) is 17.7. The van der Waals surface area contributed by atoms with Crippen LogP contribution in [-0.4, -0.2) is 57.0 Å². The summed E-state index contributed by atoms with van der Waals surface area (Å²) < 4.78 is 43.3. The number of piperidine rings is 1. The Hall–Kier alpha value is -2.82. The number of para-hydroxylation sites is 2. The highest BCUT2D eigenvalue weighted by Crippen LogP contribution is 2.31. The number of sulfonamides is 1. The Balaban J connectivity index is 1.35. The van der Waals surface area contributed by atoms with Crippen molar-refractivity contribution in [1.82, 2.24) is 4.31 Å². The molecular formula is C22H23ClN2O7S. The molecule has 2 heterocycles. The van der Waals surface area contributed by atoms with E-state index in [-0.39, 0.29) is 22.2 Å². The van der Waals surface area contributed by atoms with Crippen LogP contribution in [0.4, 0.5) is 5.69 Å². The van der Waals surface area contributed by atoms with Crippen molar-refractivity contribution in [3.05, 3.63) is 47.5 Å². The smallest absolute Gasteiger partial charge is 0.351 e. The standard InChI is InChI=1S/C22H23ClN2O7S/c23-16-9-8-15(33(28,29)25-10-4-1-5-11-25)12-17(16)24-21(26)14-31-22(27)20-13-30-18-6-2-3-7-19(18)32-20/h2-3,6-9,12,20H,1,4-5,10-11,13-14H2,(H,24,26)/t20-/m1/s1. The Labute approximate surface area is 196 Å². The summed E-state index contributed by atoms with van der Waals surface area (Å²) in [6.45, 7) is 0.277. The van der Waals surface area contributed by atoms with Gasteiger partial charge in [0.2, 0.25) is 16.1 Å². The van der Waals surface area contributed by atoms with E-state index in [0.29, 0.717) is 24.6 Å². The van der Waals surface area contributed by atoms with E-state index in [0.717, 1.165) is 19.3 Å². The first kappa shape index (κ1) is 23.3. The third-order valence-electron chi connectivity index (χ3n) is 5.28. The van der Waals surface area contributed by atoms with E-state index >= 15 is 0 Å². The third kappa shape index (κ3) is 5.40. The maximum atomic E-state index is 12.9. The van der Waals surface area contributed by atoms with Crippen LogP contribution in [0.3, 0.4) is 0 Å². The summed E-state index contributed by atoms with van der Waals surface area (Å²) in [5, 5.41) is 2.66. The number of anilines is 1. The molecule has 0 aromatic heterocycles. The Bertz CT molecular complexity index is 1150. The van der Waals surface area contributed by atoms with Gasteiger partial charge in [-0.1, -0.05) is 30.2 Å². The lowest BCUT2D eigenvalue weighted by Crippen LogP contribution is -2.39. The van der Waals surface area contributed by atoms with Crippen LogP contribution in [-0.2, 0) is 24.3 Å². The molecule has 176 valence electrons. The number of hydrogen-bond donors (Lipinski definition) is 1. The Morgan fingerprint density at radius 1 is 1.09 bits per heavy atom. The number of nitrogens with one attached hydrogen (secondary N) is 1. The van der Waals surface area contributed by atoms with Crippen molar-refractivity contribution in [2.75, 3.05) is 31.6 Å². The van der Waals surface area contributed by atoms with Crippen molar-refractivity contribution < 1.29 is 32.2 Å². The molecule has 0 saturated carbocycles. The highest BCUT2D eigenvalue weighted by atomic mass is 35.5. The molecule has 0 radical (unpaired) electrons. The molecule has 33 heavy (non-hydrogen) atoms. The fourth-order valence-corrected chi connectivity index (χ4v) is 5.28. The molecular weight excluding hydrogens is 472 g/mol. The van der Waals surface area contributed by atoms with E-state index in [4.69, 9.17) is 25.8 Å². The zero-order chi connectivity index (χ0) is 23.4. The number of benzene rings is 2. The number of hydrogen-bond acceptors (Lipinski definition) is 7. The molecule has 0 bridgehead atoms. The van der Waals surface area contributed by atoms with Crippen LogP contribution in [0.15, 0.2) is 47.4 Å². The monoisotopic (exact) mass is 494 g/mol. The Kier molecular flexibility index (Phi) is 7.06. The summed E-state index contributed by atoms with van der Waals surface area (Å²) in [7, 11) is -3.69. The third-order valence-corrected chi connectivity index (χ3v) is 7.51. The second-order valence-corrected chi connectivity index (χ2v) is 9.97. The van der Waals surface area contributed by atoms with Crippen LogP contribution < -0.4 is 14.8 Å². The number of nitrogens with zero attached hydrogens (tertiary/aromatic N) is 1. The minimum absolute atomic E-state index is 0.0347. The van der Waals surface area contributed by atoms with Crippen molar-refractivity contribution >= 4 is 39.2 Å². The maximum absolute atomic E-state index is 12.9. The van der Waals surface area contributed by atoms with Gasteiger partial charge in [-0.25, -0.2) is 13.2 Å². The average molecular weight is 495 g/mol. The van der Waals surface area contributed by atoms with Gasteiger partial charge in [0.25, 0.3) is 5.91 Å². The molecule has 1 amide bonds. The molecule has 1 fully saturated rings. The van der Waals surface area contributed by atoms with Crippen molar-refractivity contribution in [2.45, 2.75) is 30.3 Å². The van der Waals surface area contributed by atoms with Gasteiger partial charge in [0.1, 0.15) is 6.61 Å². The predicted molar refractivity (Wildman–Crippen MR) is 120 cm³/mol. The zero-order valence-corrected chi connectivity index (χ0v) is 19.2. The van der Waals surface area contributed by atoms with Crippen LogP contribution in [0.1, 0.15) is 19.3 Å². The summed E-state index contributed by atoms with van der Waals surface area (Å²) in [5.41, 5.74) is 0.113. The maximum Gasteiger partial charge on any atom is 0.351 e. The first-order valence-corrected chi connectivity index (χ1v) is 12.3. The summed E-state index contributed by atoms with van der Waals surface area (Å²) in [5.74, 6) is -0.496. The Morgan fingerprint density at radius 2 is 1.82 bits per heavy atom. The fraction of sp³-hybridized carbons (Fsp3) is 0.364. The number of halogens is 1. The molecule has 1 saturated heterocycles. The van der Waals surface area contributed by atoms with Crippen LogP contribution in [0.25, 0.3) is 0 Å². The molecule has 2 aliphatic heterocycles. The number of carbonyl (C=O) groups is 2. The molecule has 0 aliphatic carbocycles. The highest BCUT2D eigenvalue weighted by molar-refractivity contribution is 7.89. The first-order chi connectivity index (χ1) is 15.8. The lowest BCUT2D eigenvalue weighted by Gasteiger charge is -2.26. The quantitative estimate of drug-likeness (QED) is 0.614. The van der Waals surface area contributed by atoms with Crippen molar-refractivity contribution in [2.24, 2.45) is 0 Å². The normalized spacial score (nSPS) is 18.4. The van der Waals surface area contributed by atoms with E-state index in [1.54, 1.807) is 24.3 Å². The number of carbonyl (C=O) groups excluding carboxylic acids is 2. The summed E-state index contributed by atoms with van der Waals surface area (Å²) in [6.07, 6.45) is 1.61. The van der Waals surface area contributed by atoms with Gasteiger partial charge in [0.15, 0.2) is 18.1 Å². The molecule has 1 atom stereocenters. The molecule has 2 aliphatic rings. The second-order valence-electron chi connectivity index (χ2n) is 7.63. The van der Waals surface area contributed by atoms with Gasteiger partial charge in [-0.05, 0) is 43.2 Å². The van der Waals surface area contributed by atoms with E-state index in [9.17, 15) is 18.0 Å². The number of fused-ring (bicyclic) bond motifs is 1. The van der Waals surface area contributed by atoms with Gasteiger partial charge in [0.05, 0.1) is 15.6 Å². The van der Waals surface area contributed by atoms with Gasteiger partial charge in [-0.2, -0.15) is 4.31 Å². The largest absolute Gasteiger partial charge is 0.485 e. The molecule has 0 unspecified atom stereocenters. The van der Waals surface area contributed by atoms with Crippen LogP contribution in [0.2, 0.25) is 5.02 Å². The molecule has 2 aromatic rings. The average Bonchev–Trinajstić information content (AvgIpc) is 2.84. The lowest BCUT2D eigenvalue weighted by molar-refractivity contribution is -0.156. The number of esters is 1. The van der Waals surface area contributed by atoms with Crippen molar-refractivity contribution in [3.63, 3.8) is 0 Å². The van der Waals surface area contributed by atoms with Crippen molar-refractivity contribution in [1.29, 1.82) is 0 Å². The lowest BCUT2D eigenvalue weighted by atomic mass is 10.2. The number of rotatable bonds is 6. The fourth-order valence-electron chi connectivity index (χ4n) is 3.57. The molecule has 4 rings (SSSR count). The van der Waals surface area contributed by atoms with Gasteiger partial charge in [-0.15, -0.1) is 0 Å². The van der Waals surface area contributed by atoms with E-state index in [1.165, 1.54) is 22.5 Å². The van der Waals surface area contributed by atoms with E-state index < -0.39 is 34.6 Å². The molecule has 0 spiro atoms. The first-order valence-electron chi connectivity index (χ1n) is 10.5. The Morgan fingerprint density at radius 3 is 2.58 bits per heavy atom. The van der Waals surface area contributed by atoms with Gasteiger partial charge < -0.3 is 19.5 Å². The van der Waals surface area contributed by atoms with Crippen LogP contribution in [0.5, 0.6) is 11.5 Å². The minimum Gasteiger partial charge on any atom is -0.485 e. The summed E-state index contributed by atoms with van der Waals surface area (Å²) in [4.78, 5) is 24.6. The summed E-state index contributed by atoms with van der Waals surface area (Å²) >= 11 is 6.14. The predicted octanol–water partition coefficient (Wildman–Crippen LogP) is 2.84. The van der Waals surface area contributed by atoms with Gasteiger partial charge in [-0.3, -0.25) is 4.79 Å². The van der Waals surface area contributed by atoms with Crippen LogP contribution in [0, 0.1) is 0 Å². The van der Waals surface area contributed by atoms with E-state index in [2.05, 4.69) is 5.32 Å².